The predicted molar refractivity (Wildman–Crippen MR) is 75.7 cm³/mol. The van der Waals surface area contributed by atoms with Crippen molar-refractivity contribution in [2.75, 3.05) is 7.11 Å². The van der Waals surface area contributed by atoms with Gasteiger partial charge in [0.15, 0.2) is 0 Å². The monoisotopic (exact) mass is 289 g/mol. The second-order valence-corrected chi connectivity index (χ2v) is 5.64. The molecule has 5 heteroatoms. The van der Waals surface area contributed by atoms with Crippen molar-refractivity contribution in [3.8, 4) is 0 Å². The van der Waals surface area contributed by atoms with E-state index in [4.69, 9.17) is 9.47 Å². The summed E-state index contributed by atoms with van der Waals surface area (Å²) in [4.78, 5) is 24.2. The molecule has 2 saturated heterocycles. The van der Waals surface area contributed by atoms with E-state index < -0.39 is 12.0 Å². The summed E-state index contributed by atoms with van der Waals surface area (Å²) in [6, 6.07) is 9.23. The van der Waals surface area contributed by atoms with Crippen LogP contribution in [0.3, 0.4) is 0 Å². The molecule has 0 radical (unpaired) electrons. The van der Waals surface area contributed by atoms with E-state index in [0.29, 0.717) is 18.0 Å². The Morgan fingerprint density at radius 3 is 2.67 bits per heavy atom. The lowest BCUT2D eigenvalue weighted by molar-refractivity contribution is -0.152. The quantitative estimate of drug-likeness (QED) is 0.855. The van der Waals surface area contributed by atoms with Gasteiger partial charge in [-0.3, -0.25) is 4.79 Å². The second kappa shape index (κ2) is 5.85. The van der Waals surface area contributed by atoms with Crippen molar-refractivity contribution >= 4 is 11.9 Å². The number of fused-ring (bicyclic) bond motifs is 2. The highest BCUT2D eigenvalue weighted by Crippen LogP contribution is 2.34. The van der Waals surface area contributed by atoms with E-state index >= 15 is 0 Å². The van der Waals surface area contributed by atoms with Crippen molar-refractivity contribution in [1.29, 1.82) is 0 Å². The highest BCUT2D eigenvalue weighted by molar-refractivity contribution is 5.89. The van der Waals surface area contributed by atoms with Crippen LogP contribution >= 0.6 is 0 Å². The van der Waals surface area contributed by atoms with Gasteiger partial charge in [-0.2, -0.15) is 0 Å². The van der Waals surface area contributed by atoms with E-state index in [1.54, 1.807) is 24.3 Å². The number of piperidine rings is 1. The highest BCUT2D eigenvalue weighted by Gasteiger charge is 2.47. The predicted octanol–water partition coefficient (Wildman–Crippen LogP) is 1.53. The Bertz CT molecular complexity index is 530. The zero-order valence-electron chi connectivity index (χ0n) is 12.0. The van der Waals surface area contributed by atoms with Gasteiger partial charge in [-0.25, -0.2) is 4.79 Å². The molecule has 2 aliphatic heterocycles. The zero-order chi connectivity index (χ0) is 14.8. The third kappa shape index (κ3) is 2.78. The fourth-order valence-electron chi connectivity index (χ4n) is 3.36. The number of methoxy groups -OCH3 is 1. The fraction of sp³-hybridized carbons (Fsp3) is 0.500. The summed E-state index contributed by atoms with van der Waals surface area (Å²) in [5, 5.41) is 3.41. The second-order valence-electron chi connectivity index (χ2n) is 5.64. The molecule has 112 valence electrons. The number of benzene rings is 1. The Morgan fingerprint density at radius 2 is 1.95 bits per heavy atom. The van der Waals surface area contributed by atoms with Crippen LogP contribution < -0.4 is 5.32 Å². The molecule has 0 saturated carbocycles. The minimum absolute atomic E-state index is 0.0461. The first-order valence-electron chi connectivity index (χ1n) is 7.29. The number of esters is 2. The molecular formula is C16H19NO4. The molecule has 1 aromatic carbocycles. The SMILES string of the molecule is COC(=O)[C@@H]1[C@@H]2CC[C@H](C[C@H]1OC(=O)c1ccccc1)N2. The molecule has 0 amide bonds. The summed E-state index contributed by atoms with van der Waals surface area (Å²) in [6.45, 7) is 0. The summed E-state index contributed by atoms with van der Waals surface area (Å²) in [6.07, 6.45) is 2.18. The van der Waals surface area contributed by atoms with Gasteiger partial charge in [-0.05, 0) is 25.0 Å². The van der Waals surface area contributed by atoms with E-state index in [1.165, 1.54) is 7.11 Å². The third-order valence-electron chi connectivity index (χ3n) is 4.37. The first-order chi connectivity index (χ1) is 10.2. The van der Waals surface area contributed by atoms with Gasteiger partial charge in [0, 0.05) is 18.5 Å². The van der Waals surface area contributed by atoms with E-state index in [9.17, 15) is 9.59 Å². The molecule has 4 atom stereocenters. The molecule has 1 aromatic rings. The number of hydrogen-bond acceptors (Lipinski definition) is 5. The summed E-state index contributed by atoms with van der Waals surface area (Å²) in [5.74, 6) is -1.10. The van der Waals surface area contributed by atoms with Crippen molar-refractivity contribution in [3.63, 3.8) is 0 Å². The molecule has 1 N–H and O–H groups in total. The van der Waals surface area contributed by atoms with Gasteiger partial charge in [-0.1, -0.05) is 18.2 Å². The smallest absolute Gasteiger partial charge is 0.338 e. The van der Waals surface area contributed by atoms with Crippen LogP contribution in [0.2, 0.25) is 0 Å². The number of carbonyl (C=O) groups excluding carboxylic acids is 2. The van der Waals surface area contributed by atoms with Gasteiger partial charge in [-0.15, -0.1) is 0 Å². The summed E-state index contributed by atoms with van der Waals surface area (Å²) < 4.78 is 10.5. The van der Waals surface area contributed by atoms with Crippen molar-refractivity contribution in [3.05, 3.63) is 35.9 Å². The van der Waals surface area contributed by atoms with Crippen molar-refractivity contribution in [2.45, 2.75) is 37.5 Å². The maximum atomic E-state index is 12.2. The molecule has 5 nitrogen and oxygen atoms in total. The van der Waals surface area contributed by atoms with Crippen LogP contribution in [0.15, 0.2) is 30.3 Å². The van der Waals surface area contributed by atoms with Gasteiger partial charge < -0.3 is 14.8 Å². The molecule has 2 heterocycles. The van der Waals surface area contributed by atoms with Crippen molar-refractivity contribution in [2.24, 2.45) is 5.92 Å². The average Bonchev–Trinajstić information content (AvgIpc) is 2.89. The Morgan fingerprint density at radius 1 is 1.19 bits per heavy atom. The standard InChI is InChI=1S/C16H19NO4/c1-20-16(19)14-12-8-7-11(17-12)9-13(14)21-15(18)10-5-3-2-4-6-10/h2-6,11-14,17H,7-9H2,1H3/t11-,12+,13-,14-/m1/s1. The molecule has 3 rings (SSSR count). The zero-order valence-corrected chi connectivity index (χ0v) is 12.0. The molecule has 21 heavy (non-hydrogen) atoms. The maximum absolute atomic E-state index is 12.2. The van der Waals surface area contributed by atoms with Crippen LogP contribution in [0.4, 0.5) is 0 Å². The van der Waals surface area contributed by atoms with E-state index in [-0.39, 0.29) is 18.0 Å². The minimum atomic E-state index is -0.415. The molecule has 0 aliphatic carbocycles. The first-order valence-corrected chi connectivity index (χ1v) is 7.29. The van der Waals surface area contributed by atoms with Crippen LogP contribution in [0.1, 0.15) is 29.6 Å². The van der Waals surface area contributed by atoms with Crippen LogP contribution in [0.25, 0.3) is 0 Å². The minimum Gasteiger partial charge on any atom is -0.469 e. The average molecular weight is 289 g/mol. The van der Waals surface area contributed by atoms with Gasteiger partial charge in [0.2, 0.25) is 0 Å². The van der Waals surface area contributed by atoms with Crippen molar-refractivity contribution < 1.29 is 19.1 Å². The van der Waals surface area contributed by atoms with E-state index in [0.717, 1.165) is 12.8 Å². The van der Waals surface area contributed by atoms with Crippen LogP contribution in [0, 0.1) is 5.92 Å². The number of hydrogen-bond donors (Lipinski definition) is 1. The lowest BCUT2D eigenvalue weighted by Gasteiger charge is -2.35. The van der Waals surface area contributed by atoms with Gasteiger partial charge in [0.1, 0.15) is 12.0 Å². The Hall–Kier alpha value is -1.88. The van der Waals surface area contributed by atoms with E-state index in [2.05, 4.69) is 5.32 Å². The van der Waals surface area contributed by atoms with Gasteiger partial charge in [0.25, 0.3) is 0 Å². The normalized spacial score (nSPS) is 30.7. The van der Waals surface area contributed by atoms with Gasteiger partial charge >= 0.3 is 11.9 Å². The molecule has 2 fully saturated rings. The number of rotatable bonds is 3. The largest absolute Gasteiger partial charge is 0.469 e. The van der Waals surface area contributed by atoms with Crippen molar-refractivity contribution in [1.82, 2.24) is 5.32 Å². The summed E-state index contributed by atoms with van der Waals surface area (Å²) >= 11 is 0. The highest BCUT2D eigenvalue weighted by atomic mass is 16.6. The molecule has 0 unspecified atom stereocenters. The molecule has 2 bridgehead atoms. The molecule has 0 spiro atoms. The first kappa shape index (κ1) is 14.1. The molecule has 2 aliphatic rings. The maximum Gasteiger partial charge on any atom is 0.338 e. The van der Waals surface area contributed by atoms with Crippen LogP contribution in [-0.4, -0.2) is 37.2 Å². The molecular weight excluding hydrogens is 270 g/mol. The Labute approximate surface area is 123 Å². The Kier molecular flexibility index (Phi) is 3.92. The van der Waals surface area contributed by atoms with Gasteiger partial charge in [0.05, 0.1) is 12.7 Å². The topological polar surface area (TPSA) is 64.6 Å². The lowest BCUT2D eigenvalue weighted by atomic mass is 9.89. The summed E-state index contributed by atoms with van der Waals surface area (Å²) in [5.41, 5.74) is 0.506. The summed E-state index contributed by atoms with van der Waals surface area (Å²) in [7, 11) is 1.37. The van der Waals surface area contributed by atoms with Crippen LogP contribution in [0.5, 0.6) is 0 Å². The number of nitrogens with one attached hydrogen (secondary N) is 1. The Balaban J connectivity index is 1.76. The lowest BCUT2D eigenvalue weighted by Crippen LogP contribution is -2.53. The molecule has 0 aromatic heterocycles. The third-order valence-corrected chi connectivity index (χ3v) is 4.37. The van der Waals surface area contributed by atoms with Crippen LogP contribution in [-0.2, 0) is 14.3 Å². The fourth-order valence-corrected chi connectivity index (χ4v) is 3.36. The number of ether oxygens (including phenoxy) is 2. The number of carbonyl (C=O) groups is 2. The van der Waals surface area contributed by atoms with E-state index in [1.807, 2.05) is 6.07 Å².